The second-order valence-electron chi connectivity index (χ2n) is 7.32. The molecule has 0 spiro atoms. The third-order valence-electron chi connectivity index (χ3n) is 5.64. The Kier molecular flexibility index (Phi) is 5.06. The fraction of sp³-hybridized carbons (Fsp3) is 0.684. The van der Waals surface area contributed by atoms with Crippen LogP contribution in [0.4, 0.5) is 4.79 Å². The molecule has 6 heteroatoms. The highest BCUT2D eigenvalue weighted by molar-refractivity contribution is 5.69. The number of nitrogens with zero attached hydrogens (tertiary/aromatic N) is 2. The Balaban J connectivity index is 1.30. The molecule has 136 valence electrons. The zero-order valence-corrected chi connectivity index (χ0v) is 14.5. The Bertz CT molecular complexity index is 562. The third kappa shape index (κ3) is 3.89. The van der Waals surface area contributed by atoms with E-state index in [1.807, 2.05) is 17.0 Å². The number of pyridine rings is 1. The largest absolute Gasteiger partial charge is 0.490 e. The first kappa shape index (κ1) is 16.6. The summed E-state index contributed by atoms with van der Waals surface area (Å²) >= 11 is 0. The monoisotopic (exact) mass is 346 g/mol. The second-order valence-corrected chi connectivity index (χ2v) is 7.32. The van der Waals surface area contributed by atoms with Crippen molar-refractivity contribution in [2.24, 2.45) is 5.92 Å². The zero-order valence-electron chi connectivity index (χ0n) is 14.5. The van der Waals surface area contributed by atoms with Gasteiger partial charge in [0.15, 0.2) is 0 Å². The molecule has 0 saturated carbocycles. The van der Waals surface area contributed by atoms with E-state index in [0.717, 1.165) is 57.5 Å². The van der Waals surface area contributed by atoms with Gasteiger partial charge in [-0.05, 0) is 43.7 Å². The Labute approximate surface area is 148 Å². The third-order valence-corrected chi connectivity index (χ3v) is 5.64. The van der Waals surface area contributed by atoms with Gasteiger partial charge in [-0.2, -0.15) is 0 Å². The number of hydrogen-bond acceptors (Lipinski definition) is 5. The Morgan fingerprint density at radius 3 is 2.48 bits per heavy atom. The molecule has 3 fully saturated rings. The molecule has 25 heavy (non-hydrogen) atoms. The molecule has 0 aliphatic carbocycles. The summed E-state index contributed by atoms with van der Waals surface area (Å²) in [6.07, 6.45) is 9.35. The van der Waals surface area contributed by atoms with Crippen molar-refractivity contribution in [1.29, 1.82) is 0 Å². The maximum absolute atomic E-state index is 12.6. The van der Waals surface area contributed by atoms with Gasteiger partial charge in [-0.3, -0.25) is 4.98 Å². The summed E-state index contributed by atoms with van der Waals surface area (Å²) in [6.45, 7) is 2.09. The van der Waals surface area contributed by atoms with Gasteiger partial charge in [0.05, 0.1) is 6.61 Å². The molecule has 2 atom stereocenters. The quantitative estimate of drug-likeness (QED) is 0.839. The van der Waals surface area contributed by atoms with Crippen molar-refractivity contribution >= 4 is 6.09 Å². The predicted molar refractivity (Wildman–Crippen MR) is 91.4 cm³/mol. The highest BCUT2D eigenvalue weighted by atomic mass is 16.6. The van der Waals surface area contributed by atoms with Crippen LogP contribution in [-0.4, -0.2) is 54.0 Å². The summed E-state index contributed by atoms with van der Waals surface area (Å²) in [4.78, 5) is 18.6. The lowest BCUT2D eigenvalue weighted by molar-refractivity contribution is 0.00891. The summed E-state index contributed by atoms with van der Waals surface area (Å²) in [5, 5.41) is 0. The van der Waals surface area contributed by atoms with Gasteiger partial charge in [0.2, 0.25) is 0 Å². The molecule has 4 rings (SSSR count). The number of amides is 1. The van der Waals surface area contributed by atoms with Crippen molar-refractivity contribution in [3.63, 3.8) is 0 Å². The smallest absolute Gasteiger partial charge is 0.410 e. The maximum Gasteiger partial charge on any atom is 0.410 e. The summed E-state index contributed by atoms with van der Waals surface area (Å²) in [5.41, 5.74) is 0. The molecule has 2 unspecified atom stereocenters. The van der Waals surface area contributed by atoms with Crippen LogP contribution in [0.3, 0.4) is 0 Å². The number of piperidine rings is 1. The number of hydrogen-bond donors (Lipinski definition) is 0. The summed E-state index contributed by atoms with van der Waals surface area (Å²) in [5.74, 6) is 1.30. The van der Waals surface area contributed by atoms with Crippen LogP contribution in [0, 0.1) is 5.92 Å². The first-order chi connectivity index (χ1) is 12.3. The minimum atomic E-state index is -0.138. The van der Waals surface area contributed by atoms with Crippen molar-refractivity contribution in [2.75, 3.05) is 19.8 Å². The average molecular weight is 346 g/mol. The lowest BCUT2D eigenvalue weighted by Crippen LogP contribution is -2.49. The van der Waals surface area contributed by atoms with Gasteiger partial charge in [0, 0.05) is 50.5 Å². The second kappa shape index (κ2) is 7.60. The molecular weight excluding hydrogens is 320 g/mol. The van der Waals surface area contributed by atoms with Gasteiger partial charge < -0.3 is 19.1 Å². The van der Waals surface area contributed by atoms with Crippen molar-refractivity contribution in [3.8, 4) is 5.75 Å². The first-order valence-corrected chi connectivity index (χ1v) is 9.39. The van der Waals surface area contributed by atoms with E-state index in [1.165, 1.54) is 0 Å². The van der Waals surface area contributed by atoms with Crippen molar-refractivity contribution < 1.29 is 19.0 Å². The van der Waals surface area contributed by atoms with Gasteiger partial charge in [-0.15, -0.1) is 0 Å². The first-order valence-electron chi connectivity index (χ1n) is 9.39. The van der Waals surface area contributed by atoms with Gasteiger partial charge >= 0.3 is 6.09 Å². The van der Waals surface area contributed by atoms with Crippen molar-refractivity contribution in [2.45, 2.75) is 56.7 Å². The van der Waals surface area contributed by atoms with E-state index in [-0.39, 0.29) is 24.3 Å². The van der Waals surface area contributed by atoms with E-state index in [2.05, 4.69) is 4.98 Å². The van der Waals surface area contributed by atoms with Gasteiger partial charge in [0.25, 0.3) is 0 Å². The Hall–Kier alpha value is -1.82. The van der Waals surface area contributed by atoms with Crippen LogP contribution >= 0.6 is 0 Å². The van der Waals surface area contributed by atoms with E-state index in [4.69, 9.17) is 14.2 Å². The van der Waals surface area contributed by atoms with E-state index in [0.29, 0.717) is 12.5 Å². The lowest BCUT2D eigenvalue weighted by Gasteiger charge is -2.38. The number of fused-ring (bicyclic) bond motifs is 2. The topological polar surface area (TPSA) is 60.9 Å². The van der Waals surface area contributed by atoms with E-state index in [9.17, 15) is 4.79 Å². The molecule has 0 aromatic carbocycles. The number of carbonyl (C=O) groups is 1. The van der Waals surface area contributed by atoms with E-state index >= 15 is 0 Å². The summed E-state index contributed by atoms with van der Waals surface area (Å²) < 4.78 is 17.1. The molecule has 1 amide bonds. The highest BCUT2D eigenvalue weighted by Crippen LogP contribution is 2.37. The molecule has 3 saturated heterocycles. The Morgan fingerprint density at radius 2 is 1.80 bits per heavy atom. The van der Waals surface area contributed by atoms with E-state index < -0.39 is 0 Å². The lowest BCUT2D eigenvalue weighted by atomic mass is 10.00. The number of carbonyl (C=O) groups excluding carboxylic acids is 1. The van der Waals surface area contributed by atoms with Crippen LogP contribution in [0.2, 0.25) is 0 Å². The summed E-state index contributed by atoms with van der Waals surface area (Å²) in [6, 6.07) is 4.26. The fourth-order valence-corrected chi connectivity index (χ4v) is 4.31. The fourth-order valence-electron chi connectivity index (χ4n) is 4.31. The Morgan fingerprint density at radius 1 is 1.12 bits per heavy atom. The number of rotatable bonds is 4. The number of aromatic nitrogens is 1. The van der Waals surface area contributed by atoms with Crippen LogP contribution in [-0.2, 0) is 9.47 Å². The van der Waals surface area contributed by atoms with Gasteiger partial charge in [-0.25, -0.2) is 4.79 Å². The number of ether oxygens (including phenoxy) is 3. The molecular formula is C19H26N2O4. The van der Waals surface area contributed by atoms with Crippen LogP contribution in [0.1, 0.15) is 38.5 Å². The molecule has 6 nitrogen and oxygen atoms in total. The van der Waals surface area contributed by atoms with Crippen LogP contribution in [0.15, 0.2) is 24.5 Å². The molecule has 0 N–H and O–H groups in total. The standard InChI is InChI=1S/C19H26N2O4/c22-19(24-13-14-5-9-23-10-6-14)21-15-1-2-16(21)12-18(11-15)25-17-3-7-20-8-4-17/h3-4,7-8,14-16,18H,1-2,5-6,9-13H2. The summed E-state index contributed by atoms with van der Waals surface area (Å²) in [7, 11) is 0. The van der Waals surface area contributed by atoms with Gasteiger partial charge in [0.1, 0.15) is 11.9 Å². The minimum absolute atomic E-state index is 0.138. The highest BCUT2D eigenvalue weighted by Gasteiger charge is 2.45. The minimum Gasteiger partial charge on any atom is -0.490 e. The SMILES string of the molecule is O=C(OCC1CCOCC1)N1C2CCC1CC(Oc1ccncc1)C2. The van der Waals surface area contributed by atoms with Crippen molar-refractivity contribution in [3.05, 3.63) is 24.5 Å². The normalized spacial score (nSPS) is 29.4. The molecule has 1 aromatic heterocycles. The average Bonchev–Trinajstić information content (AvgIpc) is 2.92. The molecule has 4 heterocycles. The molecule has 0 radical (unpaired) electrons. The van der Waals surface area contributed by atoms with Crippen LogP contribution in [0.5, 0.6) is 5.75 Å². The maximum atomic E-state index is 12.6. The van der Waals surface area contributed by atoms with Crippen LogP contribution < -0.4 is 4.74 Å². The molecule has 3 aliphatic rings. The van der Waals surface area contributed by atoms with E-state index in [1.54, 1.807) is 12.4 Å². The molecule has 1 aromatic rings. The van der Waals surface area contributed by atoms with Crippen LogP contribution in [0.25, 0.3) is 0 Å². The molecule has 3 aliphatic heterocycles. The zero-order chi connectivity index (χ0) is 17.1. The molecule has 2 bridgehead atoms. The van der Waals surface area contributed by atoms with Gasteiger partial charge in [-0.1, -0.05) is 0 Å². The van der Waals surface area contributed by atoms with Crippen molar-refractivity contribution in [1.82, 2.24) is 9.88 Å². The predicted octanol–water partition coefficient (Wildman–Crippen LogP) is 3.02.